The summed E-state index contributed by atoms with van der Waals surface area (Å²) in [5, 5.41) is 3.17. The van der Waals surface area contributed by atoms with Gasteiger partial charge in [0, 0.05) is 39.0 Å². The van der Waals surface area contributed by atoms with Gasteiger partial charge in [0.1, 0.15) is 0 Å². The predicted octanol–water partition coefficient (Wildman–Crippen LogP) is 1.65. The third-order valence-electron chi connectivity index (χ3n) is 5.83. The molecule has 0 atom stereocenters. The largest absolute Gasteiger partial charge is 0.339 e. The van der Waals surface area contributed by atoms with Gasteiger partial charge in [-0.2, -0.15) is 0 Å². The second kappa shape index (κ2) is 10.3. The number of nitrogens with one attached hydrogen (secondary N) is 1. The molecule has 1 aromatic carbocycles. The molecule has 2 fully saturated rings. The zero-order valence-electron chi connectivity index (χ0n) is 16.5. The lowest BCUT2D eigenvalue weighted by Gasteiger charge is -2.42. The molecule has 0 aromatic heterocycles. The number of amides is 1. The smallest absolute Gasteiger partial charge is 0.244 e. The highest BCUT2D eigenvalue weighted by Gasteiger charge is 2.50. The van der Waals surface area contributed by atoms with Crippen molar-refractivity contribution in [3.63, 3.8) is 0 Å². The highest BCUT2D eigenvalue weighted by atomic mass is 35.5. The second-order valence-corrected chi connectivity index (χ2v) is 9.84. The number of carbonyl (C=O) groups is 1. The van der Waals surface area contributed by atoms with Crippen molar-refractivity contribution in [2.45, 2.75) is 31.1 Å². The molecule has 0 radical (unpaired) electrons. The maximum absolute atomic E-state index is 13.1. The molecule has 6 nitrogen and oxygen atoms in total. The molecule has 0 saturated carbocycles. The normalized spacial score (nSPS) is 20.0. The Morgan fingerprint density at radius 3 is 2.18 bits per heavy atom. The maximum Gasteiger partial charge on any atom is 0.244 e. The minimum atomic E-state index is -3.45. The first-order chi connectivity index (χ1) is 12.3. The van der Waals surface area contributed by atoms with Crippen molar-refractivity contribution in [1.29, 1.82) is 0 Å². The van der Waals surface area contributed by atoms with E-state index >= 15 is 0 Å². The molecule has 160 valence electrons. The molecule has 28 heavy (non-hydrogen) atoms. The quantitative estimate of drug-likeness (QED) is 0.753. The lowest BCUT2D eigenvalue weighted by molar-refractivity contribution is -0.136. The van der Waals surface area contributed by atoms with Gasteiger partial charge in [0.05, 0.1) is 0 Å². The molecule has 9 heteroatoms. The summed E-state index contributed by atoms with van der Waals surface area (Å²) in [5.74, 6) is -0.197. The van der Waals surface area contributed by atoms with Gasteiger partial charge >= 0.3 is 0 Å². The van der Waals surface area contributed by atoms with E-state index in [0.717, 1.165) is 19.6 Å². The molecular weight excluding hydrogens is 421 g/mol. The number of sulfone groups is 1. The molecule has 0 unspecified atom stereocenters. The Labute approximate surface area is 180 Å². The molecule has 2 aliphatic rings. The fraction of sp³-hybridized carbons (Fsp3) is 0.632. The number of hydrogen-bond acceptors (Lipinski definition) is 5. The molecule has 2 heterocycles. The van der Waals surface area contributed by atoms with Crippen LogP contribution in [0.5, 0.6) is 0 Å². The van der Waals surface area contributed by atoms with Crippen molar-refractivity contribution in [2.75, 3.05) is 45.5 Å². The van der Waals surface area contributed by atoms with Crippen LogP contribution in [-0.2, 0) is 21.2 Å². The van der Waals surface area contributed by atoms with E-state index in [2.05, 4.69) is 35.3 Å². The van der Waals surface area contributed by atoms with E-state index < -0.39 is 14.6 Å². The summed E-state index contributed by atoms with van der Waals surface area (Å²) < 4.78 is 23.7. The van der Waals surface area contributed by atoms with Gasteiger partial charge < -0.3 is 10.2 Å². The molecule has 2 saturated heterocycles. The number of carbonyl (C=O) groups excluding carboxylic acids is 1. The Balaban J connectivity index is 0.00000196. The zero-order valence-corrected chi connectivity index (χ0v) is 19.0. The number of hydrogen-bond donors (Lipinski definition) is 1. The van der Waals surface area contributed by atoms with Crippen LogP contribution in [0.3, 0.4) is 0 Å². The highest BCUT2D eigenvalue weighted by molar-refractivity contribution is 7.92. The topological polar surface area (TPSA) is 69.7 Å². The average Bonchev–Trinajstić information content (AvgIpc) is 2.63. The van der Waals surface area contributed by atoms with Crippen LogP contribution >= 0.6 is 24.8 Å². The molecular formula is C19H31Cl2N3O3S. The number of piperazine rings is 1. The summed E-state index contributed by atoms with van der Waals surface area (Å²) in [7, 11) is -3.45. The van der Waals surface area contributed by atoms with E-state index in [9.17, 15) is 13.2 Å². The Morgan fingerprint density at radius 2 is 1.64 bits per heavy atom. The number of rotatable bonds is 4. The first kappa shape index (κ1) is 25.2. The van der Waals surface area contributed by atoms with Crippen molar-refractivity contribution >= 4 is 40.6 Å². The summed E-state index contributed by atoms with van der Waals surface area (Å²) in [6.45, 7) is 6.87. The maximum atomic E-state index is 13.1. The standard InChI is InChI=1S/C19H29N3O3S.2ClH/c1-16-5-3-4-6-17(16)15-21-11-13-22(14-12-21)18(23)19(26(2,24)25)7-9-20-10-8-19;;/h3-6,20H,7-15H2,1-2H3;2*1H. The van der Waals surface area contributed by atoms with Crippen molar-refractivity contribution < 1.29 is 13.2 Å². The van der Waals surface area contributed by atoms with Crippen molar-refractivity contribution in [3.05, 3.63) is 35.4 Å². The molecule has 0 spiro atoms. The molecule has 3 rings (SSSR count). The van der Waals surface area contributed by atoms with Gasteiger partial charge in [-0.3, -0.25) is 9.69 Å². The van der Waals surface area contributed by atoms with Crippen LogP contribution in [0.2, 0.25) is 0 Å². The van der Waals surface area contributed by atoms with Crippen LogP contribution in [-0.4, -0.2) is 74.4 Å². The van der Waals surface area contributed by atoms with E-state index in [-0.39, 0.29) is 30.7 Å². The number of nitrogens with zero attached hydrogens (tertiary/aromatic N) is 2. The fourth-order valence-electron chi connectivity index (χ4n) is 4.00. The van der Waals surface area contributed by atoms with Crippen LogP contribution in [0.15, 0.2) is 24.3 Å². The van der Waals surface area contributed by atoms with E-state index in [1.54, 1.807) is 4.90 Å². The van der Waals surface area contributed by atoms with E-state index in [0.29, 0.717) is 39.0 Å². The van der Waals surface area contributed by atoms with Crippen molar-refractivity contribution in [1.82, 2.24) is 15.1 Å². The average molecular weight is 452 g/mol. The third-order valence-corrected chi connectivity index (χ3v) is 7.83. The molecule has 1 N–H and O–H groups in total. The van der Waals surface area contributed by atoms with E-state index in [1.807, 2.05) is 6.07 Å². The molecule has 0 aliphatic carbocycles. The number of aryl methyl sites for hydroxylation is 1. The van der Waals surface area contributed by atoms with Gasteiger partial charge in [-0.25, -0.2) is 8.42 Å². The van der Waals surface area contributed by atoms with Gasteiger partial charge in [0.25, 0.3) is 0 Å². The van der Waals surface area contributed by atoms with E-state index in [4.69, 9.17) is 0 Å². The summed E-state index contributed by atoms with van der Waals surface area (Å²) in [6, 6.07) is 8.34. The number of halogens is 2. The molecule has 2 aliphatic heterocycles. The van der Waals surface area contributed by atoms with Crippen LogP contribution in [0.4, 0.5) is 0 Å². The number of benzene rings is 1. The minimum Gasteiger partial charge on any atom is -0.339 e. The summed E-state index contributed by atoms with van der Waals surface area (Å²) in [6.07, 6.45) is 1.95. The van der Waals surface area contributed by atoms with E-state index in [1.165, 1.54) is 17.4 Å². The summed E-state index contributed by atoms with van der Waals surface area (Å²) in [5.41, 5.74) is 2.58. The molecule has 0 bridgehead atoms. The van der Waals surface area contributed by atoms with Gasteiger partial charge in [0.15, 0.2) is 14.6 Å². The second-order valence-electron chi connectivity index (χ2n) is 7.51. The van der Waals surface area contributed by atoms with Gasteiger partial charge in [-0.15, -0.1) is 24.8 Å². The Morgan fingerprint density at radius 1 is 1.07 bits per heavy atom. The number of piperidine rings is 1. The van der Waals surface area contributed by atoms with Crippen LogP contribution in [0.1, 0.15) is 24.0 Å². The Hall–Kier alpha value is -0.860. The highest BCUT2D eigenvalue weighted by Crippen LogP contribution is 2.30. The first-order valence-electron chi connectivity index (χ1n) is 9.30. The Kier molecular flexibility index (Phi) is 9.22. The SMILES string of the molecule is Cc1ccccc1CN1CCN(C(=O)C2(S(C)(=O)=O)CCNCC2)CC1.Cl.Cl. The lowest BCUT2D eigenvalue weighted by atomic mass is 9.94. The minimum absolute atomic E-state index is 0. The summed E-state index contributed by atoms with van der Waals surface area (Å²) in [4.78, 5) is 17.2. The third kappa shape index (κ3) is 5.19. The zero-order chi connectivity index (χ0) is 18.8. The lowest BCUT2D eigenvalue weighted by Crippen LogP contribution is -2.61. The van der Waals surface area contributed by atoms with Crippen LogP contribution < -0.4 is 5.32 Å². The summed E-state index contributed by atoms with van der Waals surface area (Å²) >= 11 is 0. The molecule has 1 aromatic rings. The van der Waals surface area contributed by atoms with Crippen molar-refractivity contribution in [3.8, 4) is 0 Å². The Bertz CT molecular complexity index is 759. The fourth-order valence-corrected chi connectivity index (χ4v) is 5.39. The van der Waals surface area contributed by atoms with Crippen LogP contribution in [0, 0.1) is 6.92 Å². The predicted molar refractivity (Wildman–Crippen MR) is 117 cm³/mol. The monoisotopic (exact) mass is 451 g/mol. The van der Waals surface area contributed by atoms with Gasteiger partial charge in [-0.1, -0.05) is 24.3 Å². The van der Waals surface area contributed by atoms with Crippen LogP contribution in [0.25, 0.3) is 0 Å². The molecule has 1 amide bonds. The first-order valence-corrected chi connectivity index (χ1v) is 11.2. The van der Waals surface area contributed by atoms with Gasteiger partial charge in [0.2, 0.25) is 5.91 Å². The van der Waals surface area contributed by atoms with Gasteiger partial charge in [-0.05, 0) is 44.0 Å². The van der Waals surface area contributed by atoms with Crippen molar-refractivity contribution in [2.24, 2.45) is 0 Å².